The maximum atomic E-state index is 10.9. The summed E-state index contributed by atoms with van der Waals surface area (Å²) in [5.74, 6) is -1.08. The van der Waals surface area contributed by atoms with Crippen LogP contribution in [0.4, 0.5) is 0 Å². The van der Waals surface area contributed by atoms with E-state index < -0.39 is 11.7 Å². The maximum absolute atomic E-state index is 10.9. The first kappa shape index (κ1) is 7.52. The first-order chi connectivity index (χ1) is 5.11. The number of carboxylic acids is 1. The van der Waals surface area contributed by atoms with Crippen LogP contribution >= 0.6 is 0 Å². The highest BCUT2D eigenvalue weighted by Gasteiger charge is 2.04. The Hall–Kier alpha value is -1.59. The molecule has 0 unspecified atom stereocenters. The van der Waals surface area contributed by atoms with Gasteiger partial charge in [0.1, 0.15) is 12.9 Å². The molecule has 0 aromatic carbocycles. The van der Waals surface area contributed by atoms with Gasteiger partial charge in [0.2, 0.25) is 0 Å². The van der Waals surface area contributed by atoms with Crippen LogP contribution in [0.2, 0.25) is 0 Å². The van der Waals surface area contributed by atoms with E-state index in [9.17, 15) is 9.59 Å². The molecular formula is C5H7N3O3. The number of aryl methyl sites for hydroxylation is 1. The Bertz CT molecular complexity index is 324. The van der Waals surface area contributed by atoms with Crippen molar-refractivity contribution in [3.8, 4) is 0 Å². The fraction of sp³-hybridized carbons (Fsp3) is 0.400. The molecular weight excluding hydrogens is 150 g/mol. The molecule has 0 atom stereocenters. The van der Waals surface area contributed by atoms with Gasteiger partial charge < -0.3 is 5.11 Å². The smallest absolute Gasteiger partial charge is 0.345 e. The second-order valence-electron chi connectivity index (χ2n) is 2.08. The summed E-state index contributed by atoms with van der Waals surface area (Å²) in [7, 11) is 1.51. The number of carboxylic acid groups (broad SMARTS) is 1. The molecule has 0 saturated carbocycles. The number of aromatic nitrogens is 3. The van der Waals surface area contributed by atoms with Crippen molar-refractivity contribution in [2.24, 2.45) is 7.05 Å². The fourth-order valence-electron chi connectivity index (χ4n) is 0.657. The number of hydrogen-bond donors (Lipinski definition) is 1. The lowest BCUT2D eigenvalue weighted by Gasteiger charge is -1.90. The Labute approximate surface area is 61.7 Å². The third-order valence-corrected chi connectivity index (χ3v) is 1.17. The van der Waals surface area contributed by atoms with Gasteiger partial charge in [-0.05, 0) is 0 Å². The predicted molar refractivity (Wildman–Crippen MR) is 35.1 cm³/mol. The molecule has 1 aromatic heterocycles. The van der Waals surface area contributed by atoms with E-state index in [1.165, 1.54) is 17.9 Å². The van der Waals surface area contributed by atoms with Gasteiger partial charge in [-0.1, -0.05) is 0 Å². The molecule has 0 aliphatic heterocycles. The molecule has 6 heteroatoms. The van der Waals surface area contributed by atoms with E-state index in [2.05, 4.69) is 5.10 Å². The Morgan fingerprint density at radius 1 is 1.82 bits per heavy atom. The quantitative estimate of drug-likeness (QED) is 0.576. The van der Waals surface area contributed by atoms with Crippen molar-refractivity contribution in [1.29, 1.82) is 0 Å². The van der Waals surface area contributed by atoms with E-state index in [-0.39, 0.29) is 6.54 Å². The van der Waals surface area contributed by atoms with Crippen molar-refractivity contribution >= 4 is 5.97 Å². The molecule has 0 saturated heterocycles. The minimum atomic E-state index is -1.08. The molecule has 0 aliphatic carbocycles. The predicted octanol–water partition coefficient (Wildman–Crippen LogP) is -1.33. The van der Waals surface area contributed by atoms with Crippen LogP contribution in [0, 0.1) is 0 Å². The van der Waals surface area contributed by atoms with Crippen molar-refractivity contribution in [2.45, 2.75) is 6.54 Å². The summed E-state index contributed by atoms with van der Waals surface area (Å²) in [5, 5.41) is 11.8. The molecule has 0 bridgehead atoms. The summed E-state index contributed by atoms with van der Waals surface area (Å²) in [6, 6.07) is 0. The number of carbonyl (C=O) groups is 1. The van der Waals surface area contributed by atoms with E-state index in [0.29, 0.717) is 0 Å². The van der Waals surface area contributed by atoms with Crippen LogP contribution in [0.25, 0.3) is 0 Å². The van der Waals surface area contributed by atoms with Gasteiger partial charge in [0.05, 0.1) is 0 Å². The zero-order valence-electron chi connectivity index (χ0n) is 5.89. The molecule has 0 amide bonds. The molecule has 0 radical (unpaired) electrons. The van der Waals surface area contributed by atoms with E-state index in [0.717, 1.165) is 4.68 Å². The summed E-state index contributed by atoms with van der Waals surface area (Å²) in [5.41, 5.74) is -0.424. The number of hydrogen-bond acceptors (Lipinski definition) is 3. The first-order valence-electron chi connectivity index (χ1n) is 2.91. The van der Waals surface area contributed by atoms with Gasteiger partial charge in [0.25, 0.3) is 0 Å². The zero-order valence-corrected chi connectivity index (χ0v) is 5.89. The highest BCUT2D eigenvalue weighted by atomic mass is 16.4. The van der Waals surface area contributed by atoms with Gasteiger partial charge >= 0.3 is 11.7 Å². The van der Waals surface area contributed by atoms with Gasteiger partial charge in [-0.25, -0.2) is 9.48 Å². The summed E-state index contributed by atoms with van der Waals surface area (Å²) in [6.45, 7) is -0.389. The third-order valence-electron chi connectivity index (χ3n) is 1.17. The third kappa shape index (κ3) is 1.46. The topological polar surface area (TPSA) is 77.1 Å². The van der Waals surface area contributed by atoms with Crippen LogP contribution < -0.4 is 5.69 Å². The van der Waals surface area contributed by atoms with Gasteiger partial charge in [-0.3, -0.25) is 9.36 Å². The van der Waals surface area contributed by atoms with Crippen LogP contribution in [0.3, 0.4) is 0 Å². The first-order valence-corrected chi connectivity index (χ1v) is 2.91. The lowest BCUT2D eigenvalue weighted by molar-refractivity contribution is -0.137. The Morgan fingerprint density at radius 3 is 2.82 bits per heavy atom. The van der Waals surface area contributed by atoms with Crippen molar-refractivity contribution in [1.82, 2.24) is 14.3 Å². The number of aliphatic carboxylic acids is 1. The average molecular weight is 157 g/mol. The van der Waals surface area contributed by atoms with Crippen molar-refractivity contribution in [3.05, 3.63) is 16.8 Å². The van der Waals surface area contributed by atoms with Gasteiger partial charge in [-0.15, -0.1) is 0 Å². The second kappa shape index (κ2) is 2.57. The van der Waals surface area contributed by atoms with Crippen LogP contribution in [0.15, 0.2) is 11.1 Å². The largest absolute Gasteiger partial charge is 0.480 e. The number of rotatable bonds is 2. The Balaban J connectivity index is 2.97. The molecule has 1 rings (SSSR count). The van der Waals surface area contributed by atoms with Crippen LogP contribution in [0.1, 0.15) is 0 Å². The summed E-state index contributed by atoms with van der Waals surface area (Å²) >= 11 is 0. The standard InChI is InChI=1S/C5H7N3O3/c1-7-3-6-8(5(7)11)2-4(9)10/h3H,2H2,1H3,(H,9,10). The van der Waals surface area contributed by atoms with Gasteiger partial charge in [0.15, 0.2) is 0 Å². The van der Waals surface area contributed by atoms with Gasteiger partial charge in [-0.2, -0.15) is 5.10 Å². The summed E-state index contributed by atoms with van der Waals surface area (Å²) in [6.07, 6.45) is 1.27. The lowest BCUT2D eigenvalue weighted by atomic mass is 10.7. The average Bonchev–Trinajstić information content (AvgIpc) is 2.18. The second-order valence-corrected chi connectivity index (χ2v) is 2.08. The maximum Gasteiger partial charge on any atom is 0.345 e. The molecule has 1 heterocycles. The molecule has 1 aromatic rings. The van der Waals surface area contributed by atoms with Crippen molar-refractivity contribution < 1.29 is 9.90 Å². The fourth-order valence-corrected chi connectivity index (χ4v) is 0.657. The van der Waals surface area contributed by atoms with Crippen molar-refractivity contribution in [3.63, 3.8) is 0 Å². The Morgan fingerprint density at radius 2 is 2.45 bits per heavy atom. The highest BCUT2D eigenvalue weighted by Crippen LogP contribution is 1.75. The minimum absolute atomic E-state index is 0.389. The summed E-state index contributed by atoms with van der Waals surface area (Å²) in [4.78, 5) is 21.0. The Kier molecular flexibility index (Phi) is 1.75. The molecule has 0 fully saturated rings. The molecule has 1 N–H and O–H groups in total. The molecule has 0 spiro atoms. The zero-order chi connectivity index (χ0) is 8.43. The molecule has 0 aliphatic rings. The molecule has 11 heavy (non-hydrogen) atoms. The SMILES string of the molecule is Cn1cnn(CC(=O)O)c1=O. The normalized spacial score (nSPS) is 9.91. The van der Waals surface area contributed by atoms with E-state index >= 15 is 0 Å². The van der Waals surface area contributed by atoms with Crippen LogP contribution in [-0.4, -0.2) is 25.4 Å². The molecule has 60 valence electrons. The van der Waals surface area contributed by atoms with Crippen LogP contribution in [0.5, 0.6) is 0 Å². The van der Waals surface area contributed by atoms with E-state index in [1.807, 2.05) is 0 Å². The lowest BCUT2D eigenvalue weighted by Crippen LogP contribution is -2.26. The minimum Gasteiger partial charge on any atom is -0.480 e. The van der Waals surface area contributed by atoms with Crippen molar-refractivity contribution in [2.75, 3.05) is 0 Å². The highest BCUT2D eigenvalue weighted by molar-refractivity contribution is 5.66. The summed E-state index contributed by atoms with van der Waals surface area (Å²) < 4.78 is 2.09. The monoisotopic (exact) mass is 157 g/mol. The number of nitrogens with zero attached hydrogens (tertiary/aromatic N) is 3. The van der Waals surface area contributed by atoms with E-state index in [1.54, 1.807) is 0 Å². The van der Waals surface area contributed by atoms with Gasteiger partial charge in [0, 0.05) is 7.05 Å². The molecule has 6 nitrogen and oxygen atoms in total. The van der Waals surface area contributed by atoms with E-state index in [4.69, 9.17) is 5.11 Å². The van der Waals surface area contributed by atoms with Crippen LogP contribution in [-0.2, 0) is 18.4 Å².